The number of amides is 2. The summed E-state index contributed by atoms with van der Waals surface area (Å²) in [4.78, 5) is 26.1. The lowest BCUT2D eigenvalue weighted by molar-refractivity contribution is -0.126. The Labute approximate surface area is 133 Å². The largest absolute Gasteiger partial charge is 0.356 e. The standard InChI is InChI=1S/C17H20F2N2O2/c18-13-5-6-14(15(19)8-13)17(23)21-7-1-2-12(10-21)16(22)20-9-11-3-4-11/h5-6,8,11-12H,1-4,7,9-10H2,(H,20,22)/t12-/m1/s1. The maximum atomic E-state index is 13.8. The fourth-order valence-electron chi connectivity index (χ4n) is 2.92. The third kappa shape index (κ3) is 3.86. The number of halogens is 2. The van der Waals surface area contributed by atoms with Crippen LogP contribution in [0.4, 0.5) is 8.78 Å². The molecule has 0 bridgehead atoms. The van der Waals surface area contributed by atoms with Gasteiger partial charge in [0.15, 0.2) is 0 Å². The van der Waals surface area contributed by atoms with Gasteiger partial charge in [-0.05, 0) is 43.7 Å². The molecule has 1 saturated carbocycles. The van der Waals surface area contributed by atoms with E-state index in [0.29, 0.717) is 31.5 Å². The van der Waals surface area contributed by atoms with Gasteiger partial charge in [0.1, 0.15) is 11.6 Å². The van der Waals surface area contributed by atoms with Crippen LogP contribution < -0.4 is 5.32 Å². The minimum absolute atomic E-state index is 0.0334. The number of carbonyl (C=O) groups is 2. The Hall–Kier alpha value is -1.98. The molecule has 6 heteroatoms. The zero-order valence-electron chi connectivity index (χ0n) is 12.9. The molecule has 0 spiro atoms. The van der Waals surface area contributed by atoms with Gasteiger partial charge in [0, 0.05) is 25.7 Å². The first-order chi connectivity index (χ1) is 11.0. The predicted molar refractivity (Wildman–Crippen MR) is 80.7 cm³/mol. The van der Waals surface area contributed by atoms with Crippen LogP contribution in [0.3, 0.4) is 0 Å². The Bertz CT molecular complexity index is 617. The average Bonchev–Trinajstić information content (AvgIpc) is 3.36. The van der Waals surface area contributed by atoms with Gasteiger partial charge in [-0.3, -0.25) is 9.59 Å². The van der Waals surface area contributed by atoms with Crippen molar-refractivity contribution in [2.75, 3.05) is 19.6 Å². The van der Waals surface area contributed by atoms with Gasteiger partial charge in [-0.1, -0.05) is 0 Å². The lowest BCUT2D eigenvalue weighted by atomic mass is 9.96. The lowest BCUT2D eigenvalue weighted by Gasteiger charge is -2.32. The van der Waals surface area contributed by atoms with E-state index in [1.165, 1.54) is 17.7 Å². The summed E-state index contributed by atoms with van der Waals surface area (Å²) in [5, 5.41) is 2.93. The highest BCUT2D eigenvalue weighted by atomic mass is 19.1. The van der Waals surface area contributed by atoms with Crippen molar-refractivity contribution >= 4 is 11.8 Å². The predicted octanol–water partition coefficient (Wildman–Crippen LogP) is 2.34. The maximum absolute atomic E-state index is 13.8. The minimum atomic E-state index is -0.865. The van der Waals surface area contributed by atoms with E-state index < -0.39 is 17.5 Å². The van der Waals surface area contributed by atoms with Crippen LogP contribution in [0.2, 0.25) is 0 Å². The zero-order chi connectivity index (χ0) is 16.4. The number of likely N-dealkylation sites (tertiary alicyclic amines) is 1. The molecule has 1 atom stereocenters. The molecular formula is C17H20F2N2O2. The molecule has 1 aromatic rings. The van der Waals surface area contributed by atoms with Gasteiger partial charge < -0.3 is 10.2 Å². The first kappa shape index (κ1) is 15.9. The molecule has 1 aliphatic carbocycles. The molecule has 1 heterocycles. The molecule has 1 N–H and O–H groups in total. The number of benzene rings is 1. The second-order valence-corrected chi connectivity index (χ2v) is 6.40. The van der Waals surface area contributed by atoms with Crippen LogP contribution in [0, 0.1) is 23.5 Å². The summed E-state index contributed by atoms with van der Waals surface area (Å²) in [5.41, 5.74) is -0.148. The van der Waals surface area contributed by atoms with E-state index in [1.807, 2.05) is 0 Å². The van der Waals surface area contributed by atoms with E-state index in [4.69, 9.17) is 0 Å². The zero-order valence-corrected chi connectivity index (χ0v) is 12.9. The van der Waals surface area contributed by atoms with Crippen molar-refractivity contribution in [2.45, 2.75) is 25.7 Å². The van der Waals surface area contributed by atoms with Crippen LogP contribution in [-0.2, 0) is 4.79 Å². The summed E-state index contributed by atoms with van der Waals surface area (Å²) in [5.74, 6) is -1.75. The number of piperidine rings is 1. The number of nitrogens with zero attached hydrogens (tertiary/aromatic N) is 1. The van der Waals surface area contributed by atoms with E-state index in [9.17, 15) is 18.4 Å². The van der Waals surface area contributed by atoms with Crippen molar-refractivity contribution < 1.29 is 18.4 Å². The van der Waals surface area contributed by atoms with Crippen LogP contribution in [0.15, 0.2) is 18.2 Å². The van der Waals surface area contributed by atoms with E-state index in [1.54, 1.807) is 0 Å². The molecule has 2 fully saturated rings. The van der Waals surface area contributed by atoms with Gasteiger partial charge in [0.05, 0.1) is 11.5 Å². The molecule has 0 radical (unpaired) electrons. The Morgan fingerprint density at radius 3 is 2.70 bits per heavy atom. The van der Waals surface area contributed by atoms with E-state index >= 15 is 0 Å². The fourth-order valence-corrected chi connectivity index (χ4v) is 2.92. The van der Waals surface area contributed by atoms with Crippen LogP contribution in [-0.4, -0.2) is 36.3 Å². The molecule has 3 rings (SSSR count). The highest BCUT2D eigenvalue weighted by Gasteiger charge is 2.31. The third-order valence-electron chi connectivity index (χ3n) is 4.50. The van der Waals surface area contributed by atoms with Crippen molar-refractivity contribution in [3.05, 3.63) is 35.4 Å². The van der Waals surface area contributed by atoms with Crippen molar-refractivity contribution in [2.24, 2.45) is 11.8 Å². The van der Waals surface area contributed by atoms with Crippen LogP contribution in [0.1, 0.15) is 36.0 Å². The van der Waals surface area contributed by atoms with Crippen molar-refractivity contribution in [1.29, 1.82) is 0 Å². The molecule has 2 amide bonds. The summed E-state index contributed by atoms with van der Waals surface area (Å²) >= 11 is 0. The van der Waals surface area contributed by atoms with Crippen LogP contribution >= 0.6 is 0 Å². The van der Waals surface area contributed by atoms with Gasteiger partial charge >= 0.3 is 0 Å². The van der Waals surface area contributed by atoms with Crippen LogP contribution in [0.5, 0.6) is 0 Å². The molecule has 0 unspecified atom stereocenters. The molecule has 1 aliphatic heterocycles. The SMILES string of the molecule is O=C(NCC1CC1)[C@@H]1CCCN(C(=O)c2ccc(F)cc2F)C1. The van der Waals surface area contributed by atoms with Gasteiger partial charge in [0.25, 0.3) is 5.91 Å². The highest BCUT2D eigenvalue weighted by molar-refractivity contribution is 5.95. The summed E-state index contributed by atoms with van der Waals surface area (Å²) in [6.07, 6.45) is 3.76. The summed E-state index contributed by atoms with van der Waals surface area (Å²) in [7, 11) is 0. The van der Waals surface area contributed by atoms with Crippen molar-refractivity contribution in [1.82, 2.24) is 10.2 Å². The Morgan fingerprint density at radius 1 is 1.22 bits per heavy atom. The molecule has 23 heavy (non-hydrogen) atoms. The van der Waals surface area contributed by atoms with Gasteiger partial charge in [-0.15, -0.1) is 0 Å². The number of carbonyl (C=O) groups excluding carboxylic acids is 2. The fraction of sp³-hybridized carbons (Fsp3) is 0.529. The molecule has 4 nitrogen and oxygen atoms in total. The minimum Gasteiger partial charge on any atom is -0.356 e. The van der Waals surface area contributed by atoms with Crippen molar-refractivity contribution in [3.63, 3.8) is 0 Å². The summed E-state index contributed by atoms with van der Waals surface area (Å²) < 4.78 is 26.7. The second-order valence-electron chi connectivity index (χ2n) is 6.40. The topological polar surface area (TPSA) is 49.4 Å². The Morgan fingerprint density at radius 2 is 2.00 bits per heavy atom. The number of hydrogen-bond acceptors (Lipinski definition) is 2. The third-order valence-corrected chi connectivity index (χ3v) is 4.50. The maximum Gasteiger partial charge on any atom is 0.256 e. The monoisotopic (exact) mass is 322 g/mol. The van der Waals surface area contributed by atoms with Crippen LogP contribution in [0.25, 0.3) is 0 Å². The molecule has 1 saturated heterocycles. The number of rotatable bonds is 4. The smallest absolute Gasteiger partial charge is 0.256 e. The summed E-state index contributed by atoms with van der Waals surface area (Å²) in [6, 6.07) is 2.93. The Kier molecular flexibility index (Phi) is 4.59. The quantitative estimate of drug-likeness (QED) is 0.925. The van der Waals surface area contributed by atoms with Crippen molar-refractivity contribution in [3.8, 4) is 0 Å². The average molecular weight is 322 g/mol. The summed E-state index contributed by atoms with van der Waals surface area (Å²) in [6.45, 7) is 1.48. The lowest BCUT2D eigenvalue weighted by Crippen LogP contribution is -2.46. The number of nitrogens with one attached hydrogen (secondary N) is 1. The molecule has 2 aliphatic rings. The van der Waals surface area contributed by atoms with Gasteiger partial charge in [0.2, 0.25) is 5.91 Å². The first-order valence-corrected chi connectivity index (χ1v) is 8.06. The van der Waals surface area contributed by atoms with E-state index in [-0.39, 0.29) is 23.9 Å². The van der Waals surface area contributed by atoms with E-state index in [0.717, 1.165) is 18.6 Å². The van der Waals surface area contributed by atoms with Gasteiger partial charge in [-0.2, -0.15) is 0 Å². The first-order valence-electron chi connectivity index (χ1n) is 8.06. The molecule has 0 aromatic heterocycles. The molecule has 1 aromatic carbocycles. The molecule has 124 valence electrons. The highest BCUT2D eigenvalue weighted by Crippen LogP contribution is 2.28. The normalized spacial score (nSPS) is 21.1. The van der Waals surface area contributed by atoms with E-state index in [2.05, 4.69) is 5.32 Å². The van der Waals surface area contributed by atoms with Gasteiger partial charge in [-0.25, -0.2) is 8.78 Å². The second kappa shape index (κ2) is 6.64. The molecular weight excluding hydrogens is 302 g/mol. The number of hydrogen-bond donors (Lipinski definition) is 1. The Balaban J connectivity index is 1.62.